The van der Waals surface area contributed by atoms with Crippen molar-refractivity contribution in [1.29, 1.82) is 0 Å². The number of nitrogens with zero attached hydrogens (tertiary/aromatic N) is 3. The number of ether oxygens (including phenoxy) is 1. The highest BCUT2D eigenvalue weighted by atomic mass is 32.1. The molecule has 0 bridgehead atoms. The number of aromatic nitrogens is 1. The molecule has 3 unspecified atom stereocenters. The summed E-state index contributed by atoms with van der Waals surface area (Å²) in [5.41, 5.74) is 1.07. The lowest BCUT2D eigenvalue weighted by molar-refractivity contribution is -0.0777. The smallest absolute Gasteiger partial charge is 0.107 e. The molecular formula is C15H27N3O2S. The molecule has 0 saturated carbocycles. The first-order valence-corrected chi connectivity index (χ1v) is 8.45. The van der Waals surface area contributed by atoms with Crippen molar-refractivity contribution in [2.75, 3.05) is 33.2 Å². The second kappa shape index (κ2) is 7.65. The summed E-state index contributed by atoms with van der Waals surface area (Å²) >= 11 is 1.68. The Balaban J connectivity index is 1.74. The van der Waals surface area contributed by atoms with Gasteiger partial charge in [0.05, 0.1) is 24.9 Å². The molecule has 3 atom stereocenters. The van der Waals surface area contributed by atoms with Crippen molar-refractivity contribution in [3.63, 3.8) is 0 Å². The Kier molecular flexibility index (Phi) is 6.13. The van der Waals surface area contributed by atoms with Gasteiger partial charge in [-0.3, -0.25) is 9.80 Å². The summed E-state index contributed by atoms with van der Waals surface area (Å²) in [4.78, 5) is 8.89. The lowest BCUT2D eigenvalue weighted by Crippen LogP contribution is -2.49. The van der Waals surface area contributed by atoms with E-state index in [0.29, 0.717) is 13.1 Å². The normalized spacial score (nSPS) is 25.4. The number of likely N-dealkylation sites (N-methyl/N-ethyl adjacent to an activating group) is 1. The van der Waals surface area contributed by atoms with Crippen molar-refractivity contribution in [1.82, 2.24) is 14.8 Å². The summed E-state index contributed by atoms with van der Waals surface area (Å²) in [6.07, 6.45) is 0.155. The van der Waals surface area contributed by atoms with E-state index >= 15 is 0 Å². The molecule has 0 radical (unpaired) electrons. The molecule has 1 aliphatic heterocycles. The molecule has 1 aliphatic rings. The Labute approximate surface area is 131 Å². The molecule has 1 fully saturated rings. The average Bonchev–Trinajstić information content (AvgIpc) is 2.72. The summed E-state index contributed by atoms with van der Waals surface area (Å²) in [7, 11) is 2.03. The van der Waals surface area contributed by atoms with Gasteiger partial charge in [0.15, 0.2) is 0 Å². The topological polar surface area (TPSA) is 48.8 Å². The van der Waals surface area contributed by atoms with E-state index in [1.54, 1.807) is 11.3 Å². The highest BCUT2D eigenvalue weighted by Gasteiger charge is 2.24. The van der Waals surface area contributed by atoms with Crippen LogP contribution in [0, 0.1) is 6.92 Å². The molecule has 1 aromatic heterocycles. The van der Waals surface area contributed by atoms with Gasteiger partial charge >= 0.3 is 0 Å². The van der Waals surface area contributed by atoms with Gasteiger partial charge in [0, 0.05) is 37.3 Å². The van der Waals surface area contributed by atoms with Crippen LogP contribution in [0.3, 0.4) is 0 Å². The van der Waals surface area contributed by atoms with Crippen LogP contribution in [0.2, 0.25) is 0 Å². The zero-order valence-electron chi connectivity index (χ0n) is 13.5. The van der Waals surface area contributed by atoms with Crippen LogP contribution in [-0.4, -0.2) is 71.4 Å². The Morgan fingerprint density at radius 3 is 2.71 bits per heavy atom. The molecule has 1 saturated heterocycles. The van der Waals surface area contributed by atoms with Crippen LogP contribution in [0.5, 0.6) is 0 Å². The molecule has 0 aromatic carbocycles. The standard InChI is InChI=1S/C15H27N3O2S/c1-11-10-21-15(16-11)9-17(4)7-14(19)8-18-5-12(2)20-13(3)6-18/h10,12-14,19H,5-9H2,1-4H3. The van der Waals surface area contributed by atoms with Gasteiger partial charge in [-0.25, -0.2) is 4.98 Å². The highest BCUT2D eigenvalue weighted by molar-refractivity contribution is 7.09. The predicted octanol–water partition coefficient (Wildman–Crippen LogP) is 1.35. The molecule has 6 heteroatoms. The van der Waals surface area contributed by atoms with E-state index in [2.05, 4.69) is 34.0 Å². The molecule has 120 valence electrons. The van der Waals surface area contributed by atoms with Gasteiger partial charge < -0.3 is 9.84 Å². The van der Waals surface area contributed by atoms with E-state index in [-0.39, 0.29) is 18.3 Å². The van der Waals surface area contributed by atoms with Crippen LogP contribution in [0.25, 0.3) is 0 Å². The van der Waals surface area contributed by atoms with Crippen LogP contribution in [0.15, 0.2) is 5.38 Å². The van der Waals surface area contributed by atoms with Gasteiger partial charge in [0.1, 0.15) is 5.01 Å². The number of thiazole rings is 1. The lowest BCUT2D eigenvalue weighted by Gasteiger charge is -2.36. The molecule has 2 heterocycles. The van der Waals surface area contributed by atoms with E-state index in [4.69, 9.17) is 4.74 Å². The molecule has 21 heavy (non-hydrogen) atoms. The fourth-order valence-electron chi connectivity index (χ4n) is 2.92. The van der Waals surface area contributed by atoms with Crippen molar-refractivity contribution in [3.05, 3.63) is 16.1 Å². The van der Waals surface area contributed by atoms with Gasteiger partial charge in [-0.15, -0.1) is 11.3 Å². The maximum atomic E-state index is 10.3. The predicted molar refractivity (Wildman–Crippen MR) is 85.6 cm³/mol. The number of rotatable bonds is 6. The Morgan fingerprint density at radius 1 is 1.48 bits per heavy atom. The number of hydrogen-bond acceptors (Lipinski definition) is 6. The van der Waals surface area contributed by atoms with Crippen LogP contribution in [0.1, 0.15) is 24.5 Å². The molecule has 2 rings (SSSR count). The summed E-state index contributed by atoms with van der Waals surface area (Å²) in [6, 6.07) is 0. The number of aryl methyl sites for hydroxylation is 1. The average molecular weight is 313 g/mol. The number of morpholine rings is 1. The van der Waals surface area contributed by atoms with E-state index in [0.717, 1.165) is 30.3 Å². The molecule has 0 amide bonds. The van der Waals surface area contributed by atoms with Crippen LogP contribution >= 0.6 is 11.3 Å². The van der Waals surface area contributed by atoms with Crippen LogP contribution in [-0.2, 0) is 11.3 Å². The summed E-state index contributed by atoms with van der Waals surface area (Å²) in [5, 5.41) is 13.5. The largest absolute Gasteiger partial charge is 0.390 e. The van der Waals surface area contributed by atoms with Crippen molar-refractivity contribution in [3.8, 4) is 0 Å². The fraction of sp³-hybridized carbons (Fsp3) is 0.800. The molecule has 0 aliphatic carbocycles. The molecule has 1 aromatic rings. The van der Waals surface area contributed by atoms with Gasteiger partial charge in [-0.2, -0.15) is 0 Å². The third-order valence-corrected chi connectivity index (χ3v) is 4.51. The van der Waals surface area contributed by atoms with Gasteiger partial charge in [-0.1, -0.05) is 0 Å². The SMILES string of the molecule is Cc1csc(CN(C)CC(O)CN2CC(C)OC(C)C2)n1. The van der Waals surface area contributed by atoms with Crippen LogP contribution < -0.4 is 0 Å². The first-order chi connectivity index (χ1) is 9.92. The summed E-state index contributed by atoms with van der Waals surface area (Å²) < 4.78 is 5.72. The Hall–Kier alpha value is -0.530. The maximum Gasteiger partial charge on any atom is 0.107 e. The zero-order chi connectivity index (χ0) is 15.4. The monoisotopic (exact) mass is 313 g/mol. The second-order valence-electron chi connectivity index (χ2n) is 6.21. The van der Waals surface area contributed by atoms with Crippen molar-refractivity contribution in [2.45, 2.75) is 45.6 Å². The quantitative estimate of drug-likeness (QED) is 0.859. The van der Waals surface area contributed by atoms with E-state index in [1.807, 2.05) is 14.0 Å². The van der Waals surface area contributed by atoms with E-state index in [9.17, 15) is 5.11 Å². The highest BCUT2D eigenvalue weighted by Crippen LogP contribution is 2.13. The van der Waals surface area contributed by atoms with E-state index in [1.165, 1.54) is 0 Å². The van der Waals surface area contributed by atoms with Gasteiger partial charge in [0.2, 0.25) is 0 Å². The summed E-state index contributed by atoms with van der Waals surface area (Å²) in [6.45, 7) is 10.2. The number of hydrogen-bond donors (Lipinski definition) is 1. The minimum Gasteiger partial charge on any atom is -0.390 e. The molecule has 5 nitrogen and oxygen atoms in total. The van der Waals surface area contributed by atoms with Gasteiger partial charge in [0.25, 0.3) is 0 Å². The first-order valence-electron chi connectivity index (χ1n) is 7.57. The van der Waals surface area contributed by atoms with Gasteiger partial charge in [-0.05, 0) is 27.8 Å². The maximum absolute atomic E-state index is 10.3. The fourth-order valence-corrected chi connectivity index (χ4v) is 3.77. The Bertz CT molecular complexity index is 430. The van der Waals surface area contributed by atoms with Crippen molar-refractivity contribution in [2.24, 2.45) is 0 Å². The van der Waals surface area contributed by atoms with Crippen LogP contribution in [0.4, 0.5) is 0 Å². The third kappa shape index (κ3) is 5.64. The zero-order valence-corrected chi connectivity index (χ0v) is 14.3. The number of β-amino-alcohol motifs (C(OH)–C–C–N with tert-alkyl or cyclic N) is 1. The lowest BCUT2D eigenvalue weighted by atomic mass is 10.2. The second-order valence-corrected chi connectivity index (χ2v) is 7.15. The third-order valence-electron chi connectivity index (χ3n) is 3.56. The Morgan fingerprint density at radius 2 is 2.14 bits per heavy atom. The first kappa shape index (κ1) is 16.8. The number of aliphatic hydroxyl groups is 1. The van der Waals surface area contributed by atoms with E-state index < -0.39 is 0 Å². The minimum absolute atomic E-state index is 0.247. The minimum atomic E-state index is -0.339. The molecular weight excluding hydrogens is 286 g/mol. The number of aliphatic hydroxyl groups excluding tert-OH is 1. The van der Waals surface area contributed by atoms with Crippen molar-refractivity contribution >= 4 is 11.3 Å². The van der Waals surface area contributed by atoms with Crippen molar-refractivity contribution < 1.29 is 9.84 Å². The molecule has 1 N–H and O–H groups in total. The summed E-state index contributed by atoms with van der Waals surface area (Å²) in [5.74, 6) is 0. The molecule has 0 spiro atoms.